The molecule has 0 aliphatic carbocycles. The Morgan fingerprint density at radius 3 is 1.50 bits per heavy atom. The SMILES string of the molecule is c1ccc(-c2ccc(N(c3ccc4c(c3)oc3ccccc34)c3ccccc3-c3ccccc3-c3ccccc3-c3ccccc3)cc2)cc1. The zero-order chi connectivity index (χ0) is 33.3. The molecule has 1 heterocycles. The van der Waals surface area contributed by atoms with E-state index >= 15 is 0 Å². The fraction of sp³-hybridized carbons (Fsp3) is 0. The van der Waals surface area contributed by atoms with Gasteiger partial charge in [-0.25, -0.2) is 0 Å². The molecule has 8 aromatic carbocycles. The van der Waals surface area contributed by atoms with E-state index in [1.807, 2.05) is 12.1 Å². The van der Waals surface area contributed by atoms with Crippen molar-refractivity contribution in [1.82, 2.24) is 0 Å². The number of hydrogen-bond donors (Lipinski definition) is 0. The van der Waals surface area contributed by atoms with Gasteiger partial charge in [-0.05, 0) is 75.3 Å². The summed E-state index contributed by atoms with van der Waals surface area (Å²) in [5.74, 6) is 0. The van der Waals surface area contributed by atoms with Gasteiger partial charge in [-0.15, -0.1) is 0 Å². The Morgan fingerprint density at radius 2 is 0.780 bits per heavy atom. The maximum atomic E-state index is 6.41. The zero-order valence-corrected chi connectivity index (χ0v) is 27.4. The van der Waals surface area contributed by atoms with Crippen molar-refractivity contribution in [2.45, 2.75) is 0 Å². The Labute approximate surface area is 292 Å². The molecule has 0 radical (unpaired) electrons. The van der Waals surface area contributed by atoms with E-state index in [-0.39, 0.29) is 0 Å². The molecule has 0 saturated heterocycles. The molecule has 0 spiro atoms. The Kier molecular flexibility index (Phi) is 7.53. The highest BCUT2D eigenvalue weighted by molar-refractivity contribution is 6.06. The number of hydrogen-bond acceptors (Lipinski definition) is 2. The molecule has 50 heavy (non-hydrogen) atoms. The molecule has 0 bridgehead atoms. The number of rotatable bonds is 7. The van der Waals surface area contributed by atoms with Gasteiger partial charge in [-0.1, -0.05) is 158 Å². The van der Waals surface area contributed by atoms with Gasteiger partial charge < -0.3 is 9.32 Å². The van der Waals surface area contributed by atoms with Gasteiger partial charge in [0.15, 0.2) is 0 Å². The number of benzene rings is 8. The van der Waals surface area contributed by atoms with E-state index in [4.69, 9.17) is 4.42 Å². The third-order valence-electron chi connectivity index (χ3n) is 9.52. The van der Waals surface area contributed by atoms with Crippen LogP contribution in [-0.4, -0.2) is 0 Å². The highest BCUT2D eigenvalue weighted by Crippen LogP contribution is 2.46. The maximum Gasteiger partial charge on any atom is 0.137 e. The Balaban J connectivity index is 1.24. The molecule has 9 rings (SSSR count). The normalized spacial score (nSPS) is 11.2. The molecule has 0 aliphatic rings. The van der Waals surface area contributed by atoms with Gasteiger partial charge in [0.1, 0.15) is 11.2 Å². The summed E-state index contributed by atoms with van der Waals surface area (Å²) in [5.41, 5.74) is 14.4. The first kappa shape index (κ1) is 29.5. The topological polar surface area (TPSA) is 16.4 Å². The smallest absolute Gasteiger partial charge is 0.137 e. The van der Waals surface area contributed by atoms with E-state index in [2.05, 4.69) is 193 Å². The quantitative estimate of drug-likeness (QED) is 0.173. The molecule has 2 heteroatoms. The van der Waals surface area contributed by atoms with Crippen molar-refractivity contribution in [3.05, 3.63) is 200 Å². The van der Waals surface area contributed by atoms with E-state index < -0.39 is 0 Å². The molecule has 0 fully saturated rings. The summed E-state index contributed by atoms with van der Waals surface area (Å²) < 4.78 is 6.41. The third kappa shape index (κ3) is 5.34. The summed E-state index contributed by atoms with van der Waals surface area (Å²) in [6.45, 7) is 0. The van der Waals surface area contributed by atoms with Crippen LogP contribution in [0.2, 0.25) is 0 Å². The molecule has 0 saturated carbocycles. The van der Waals surface area contributed by atoms with E-state index in [9.17, 15) is 0 Å². The minimum absolute atomic E-state index is 0.865. The van der Waals surface area contributed by atoms with E-state index in [1.165, 1.54) is 38.9 Å². The van der Waals surface area contributed by atoms with Crippen LogP contribution in [-0.2, 0) is 0 Å². The second kappa shape index (κ2) is 12.8. The van der Waals surface area contributed by atoms with Gasteiger partial charge in [-0.2, -0.15) is 0 Å². The molecule has 0 N–H and O–H groups in total. The average molecular weight is 640 g/mol. The summed E-state index contributed by atoms with van der Waals surface area (Å²) in [6, 6.07) is 71.1. The lowest BCUT2D eigenvalue weighted by atomic mass is 9.88. The minimum Gasteiger partial charge on any atom is -0.456 e. The molecule has 0 unspecified atom stereocenters. The molecule has 236 valence electrons. The number of nitrogens with zero attached hydrogens (tertiary/aromatic N) is 1. The number of anilines is 3. The summed E-state index contributed by atoms with van der Waals surface area (Å²) in [4.78, 5) is 2.36. The molecule has 9 aromatic rings. The summed E-state index contributed by atoms with van der Waals surface area (Å²) in [5, 5.41) is 2.24. The molecular formula is C48H33NO. The van der Waals surface area contributed by atoms with Crippen molar-refractivity contribution in [3.63, 3.8) is 0 Å². The van der Waals surface area contributed by atoms with Gasteiger partial charge in [0, 0.05) is 33.8 Å². The van der Waals surface area contributed by atoms with Gasteiger partial charge in [0.05, 0.1) is 5.69 Å². The van der Waals surface area contributed by atoms with Crippen LogP contribution in [0, 0.1) is 0 Å². The summed E-state index contributed by atoms with van der Waals surface area (Å²) in [6.07, 6.45) is 0. The summed E-state index contributed by atoms with van der Waals surface area (Å²) in [7, 11) is 0. The van der Waals surface area contributed by atoms with Crippen molar-refractivity contribution < 1.29 is 4.42 Å². The van der Waals surface area contributed by atoms with Crippen molar-refractivity contribution in [2.75, 3.05) is 4.90 Å². The highest BCUT2D eigenvalue weighted by Gasteiger charge is 2.21. The second-order valence-corrected chi connectivity index (χ2v) is 12.5. The first-order valence-corrected chi connectivity index (χ1v) is 17.0. The predicted molar refractivity (Wildman–Crippen MR) is 210 cm³/mol. The van der Waals surface area contributed by atoms with Crippen molar-refractivity contribution in [3.8, 4) is 44.5 Å². The monoisotopic (exact) mass is 639 g/mol. The maximum absolute atomic E-state index is 6.41. The van der Waals surface area contributed by atoms with Crippen molar-refractivity contribution in [2.24, 2.45) is 0 Å². The van der Waals surface area contributed by atoms with E-state index in [1.54, 1.807) is 0 Å². The molecule has 0 amide bonds. The lowest BCUT2D eigenvalue weighted by molar-refractivity contribution is 0.669. The number of para-hydroxylation sites is 2. The van der Waals surface area contributed by atoms with Gasteiger partial charge in [0.25, 0.3) is 0 Å². The standard InChI is InChI=1S/C48H33NO/c1-3-15-34(16-4-1)35-27-29-37(30-28-35)49(38-31-32-45-44-24-12-14-26-47(44)50-48(45)33-38)46-25-13-11-23-43(46)42-22-10-9-21-41(42)40-20-8-7-19-39(40)36-17-5-2-6-18-36/h1-33H. The molecule has 2 nitrogen and oxygen atoms in total. The first-order chi connectivity index (χ1) is 24.8. The van der Waals surface area contributed by atoms with E-state index in [0.29, 0.717) is 0 Å². The Morgan fingerprint density at radius 1 is 0.300 bits per heavy atom. The van der Waals surface area contributed by atoms with Crippen LogP contribution in [0.25, 0.3) is 66.4 Å². The number of furan rings is 1. The third-order valence-corrected chi connectivity index (χ3v) is 9.52. The Hall–Kier alpha value is -6.64. The van der Waals surface area contributed by atoms with E-state index in [0.717, 1.165) is 44.6 Å². The lowest BCUT2D eigenvalue weighted by Crippen LogP contribution is -2.11. The Bertz CT molecular complexity index is 2580. The molecule has 0 aliphatic heterocycles. The fourth-order valence-corrected chi connectivity index (χ4v) is 7.15. The van der Waals surface area contributed by atoms with Crippen molar-refractivity contribution in [1.29, 1.82) is 0 Å². The van der Waals surface area contributed by atoms with Crippen LogP contribution in [0.1, 0.15) is 0 Å². The number of fused-ring (bicyclic) bond motifs is 3. The van der Waals surface area contributed by atoms with Gasteiger partial charge >= 0.3 is 0 Å². The minimum atomic E-state index is 0.865. The fourth-order valence-electron chi connectivity index (χ4n) is 7.15. The predicted octanol–water partition coefficient (Wildman–Crippen LogP) is 13.7. The van der Waals surface area contributed by atoms with Crippen LogP contribution >= 0.6 is 0 Å². The highest BCUT2D eigenvalue weighted by atomic mass is 16.3. The lowest BCUT2D eigenvalue weighted by Gasteiger charge is -2.28. The summed E-state index contributed by atoms with van der Waals surface area (Å²) >= 11 is 0. The molecule has 1 aromatic heterocycles. The molecular weight excluding hydrogens is 607 g/mol. The zero-order valence-electron chi connectivity index (χ0n) is 27.4. The molecule has 0 atom stereocenters. The second-order valence-electron chi connectivity index (χ2n) is 12.5. The van der Waals surface area contributed by atoms with Gasteiger partial charge in [-0.3, -0.25) is 0 Å². The van der Waals surface area contributed by atoms with Crippen LogP contribution in [0.3, 0.4) is 0 Å². The van der Waals surface area contributed by atoms with Crippen LogP contribution < -0.4 is 4.90 Å². The van der Waals surface area contributed by atoms with Gasteiger partial charge in [0.2, 0.25) is 0 Å². The largest absolute Gasteiger partial charge is 0.456 e. The first-order valence-electron chi connectivity index (χ1n) is 17.0. The van der Waals surface area contributed by atoms with Crippen LogP contribution in [0.4, 0.5) is 17.1 Å². The average Bonchev–Trinajstić information content (AvgIpc) is 3.57. The van der Waals surface area contributed by atoms with Crippen LogP contribution in [0.15, 0.2) is 205 Å². The van der Waals surface area contributed by atoms with Crippen molar-refractivity contribution >= 4 is 39.0 Å². The van der Waals surface area contributed by atoms with Crippen LogP contribution in [0.5, 0.6) is 0 Å².